The van der Waals surface area contributed by atoms with Gasteiger partial charge in [0.15, 0.2) is 5.76 Å². The molecule has 0 saturated carbocycles. The zero-order valence-corrected chi connectivity index (χ0v) is 16.6. The highest BCUT2D eigenvalue weighted by molar-refractivity contribution is 6.34. The first-order valence-corrected chi connectivity index (χ1v) is 9.28. The lowest BCUT2D eigenvalue weighted by Gasteiger charge is -2.08. The second kappa shape index (κ2) is 8.79. The van der Waals surface area contributed by atoms with Crippen molar-refractivity contribution >= 4 is 28.9 Å². The molecule has 3 aromatic rings. The quantitative estimate of drug-likeness (QED) is 0.389. The van der Waals surface area contributed by atoms with Gasteiger partial charge in [0.2, 0.25) is 0 Å². The molecule has 0 fully saturated rings. The molecule has 29 heavy (non-hydrogen) atoms. The third-order valence-electron chi connectivity index (χ3n) is 4.22. The summed E-state index contributed by atoms with van der Waals surface area (Å²) in [6, 6.07) is 14.7. The van der Waals surface area contributed by atoms with Gasteiger partial charge >= 0.3 is 0 Å². The van der Waals surface area contributed by atoms with Crippen molar-refractivity contribution in [3.05, 3.63) is 86.8 Å². The van der Waals surface area contributed by atoms with E-state index in [-0.39, 0.29) is 28.8 Å². The number of nitro groups is 1. The molecule has 0 atom stereocenters. The molecule has 8 heteroatoms. The number of nitro benzene ring substituents is 1. The lowest BCUT2D eigenvalue weighted by molar-refractivity contribution is -0.384. The van der Waals surface area contributed by atoms with E-state index in [0.29, 0.717) is 17.4 Å². The van der Waals surface area contributed by atoms with Gasteiger partial charge in [0.1, 0.15) is 18.1 Å². The number of hydrogen-bond acceptors (Lipinski definition) is 5. The van der Waals surface area contributed by atoms with Gasteiger partial charge in [-0.05, 0) is 41.8 Å². The number of amides is 1. The summed E-state index contributed by atoms with van der Waals surface area (Å²) in [6.45, 7) is 4.39. The van der Waals surface area contributed by atoms with Crippen LogP contribution >= 0.6 is 11.6 Å². The normalized spacial score (nSPS) is 10.8. The summed E-state index contributed by atoms with van der Waals surface area (Å²) in [4.78, 5) is 22.7. The maximum atomic E-state index is 12.4. The number of halogens is 1. The summed E-state index contributed by atoms with van der Waals surface area (Å²) < 4.78 is 11.2. The van der Waals surface area contributed by atoms with E-state index >= 15 is 0 Å². The van der Waals surface area contributed by atoms with Gasteiger partial charge < -0.3 is 14.5 Å². The molecule has 1 amide bonds. The van der Waals surface area contributed by atoms with Crippen molar-refractivity contribution in [3.63, 3.8) is 0 Å². The summed E-state index contributed by atoms with van der Waals surface area (Å²) in [5, 5.41) is 13.6. The fraction of sp³-hybridized carbons (Fsp3) is 0.190. The minimum Gasteiger partial charge on any atom is -0.486 e. The number of furan rings is 1. The van der Waals surface area contributed by atoms with Gasteiger partial charge in [0.25, 0.3) is 11.6 Å². The Morgan fingerprint density at radius 1 is 1.17 bits per heavy atom. The number of anilines is 1. The van der Waals surface area contributed by atoms with Crippen LogP contribution in [0.4, 0.5) is 11.4 Å². The van der Waals surface area contributed by atoms with Gasteiger partial charge in [-0.15, -0.1) is 0 Å². The molecular formula is C21H19ClN2O5. The Labute approximate surface area is 172 Å². The monoisotopic (exact) mass is 414 g/mol. The first-order valence-electron chi connectivity index (χ1n) is 8.90. The fourth-order valence-corrected chi connectivity index (χ4v) is 2.75. The minimum atomic E-state index is -0.570. The van der Waals surface area contributed by atoms with E-state index in [1.165, 1.54) is 29.8 Å². The molecule has 0 unspecified atom stereocenters. The van der Waals surface area contributed by atoms with E-state index < -0.39 is 10.8 Å². The predicted molar refractivity (Wildman–Crippen MR) is 110 cm³/mol. The van der Waals surface area contributed by atoms with Crippen molar-refractivity contribution in [2.24, 2.45) is 0 Å². The fourth-order valence-electron chi connectivity index (χ4n) is 2.59. The first-order chi connectivity index (χ1) is 13.8. The molecule has 0 radical (unpaired) electrons. The number of non-ortho nitro benzene ring substituents is 1. The second-order valence-electron chi connectivity index (χ2n) is 6.65. The third kappa shape index (κ3) is 5.14. The van der Waals surface area contributed by atoms with Gasteiger partial charge in [-0.1, -0.05) is 37.6 Å². The SMILES string of the molecule is CC(C)c1ccc(OCc2ccc(C(=O)Nc3cc([N+](=O)[O-])ccc3Cl)o2)cc1. The smallest absolute Gasteiger partial charge is 0.291 e. The van der Waals surface area contributed by atoms with Crippen LogP contribution in [0.15, 0.2) is 59.0 Å². The van der Waals surface area contributed by atoms with E-state index in [9.17, 15) is 14.9 Å². The Hall–Kier alpha value is -3.32. The number of benzene rings is 2. The molecule has 2 aromatic carbocycles. The van der Waals surface area contributed by atoms with Crippen LogP contribution in [0, 0.1) is 10.1 Å². The van der Waals surface area contributed by atoms with Gasteiger partial charge in [-0.3, -0.25) is 14.9 Å². The molecule has 1 heterocycles. The number of nitrogens with one attached hydrogen (secondary N) is 1. The van der Waals surface area contributed by atoms with Crippen LogP contribution in [0.2, 0.25) is 5.02 Å². The maximum Gasteiger partial charge on any atom is 0.291 e. The van der Waals surface area contributed by atoms with Crippen LogP contribution in [0.25, 0.3) is 0 Å². The Bertz CT molecular complexity index is 1030. The highest BCUT2D eigenvalue weighted by Gasteiger charge is 2.16. The lowest BCUT2D eigenvalue weighted by Crippen LogP contribution is -2.11. The van der Waals surface area contributed by atoms with Gasteiger partial charge in [-0.2, -0.15) is 0 Å². The summed E-state index contributed by atoms with van der Waals surface area (Å²) in [5.41, 5.74) is 1.17. The van der Waals surface area contributed by atoms with Gasteiger partial charge in [-0.25, -0.2) is 0 Å². The number of nitrogens with zero attached hydrogens (tertiary/aromatic N) is 1. The van der Waals surface area contributed by atoms with Crippen LogP contribution in [-0.2, 0) is 6.61 Å². The average molecular weight is 415 g/mol. The van der Waals surface area contributed by atoms with Gasteiger partial charge in [0, 0.05) is 12.1 Å². The molecule has 150 valence electrons. The topological polar surface area (TPSA) is 94.6 Å². The van der Waals surface area contributed by atoms with E-state index in [1.807, 2.05) is 24.3 Å². The summed E-state index contributed by atoms with van der Waals surface area (Å²) in [7, 11) is 0. The molecule has 0 aliphatic rings. The van der Waals surface area contributed by atoms with Crippen LogP contribution in [0.1, 0.15) is 41.6 Å². The van der Waals surface area contributed by atoms with Crippen molar-refractivity contribution in [2.75, 3.05) is 5.32 Å². The Balaban J connectivity index is 1.63. The van der Waals surface area contributed by atoms with E-state index in [0.717, 1.165) is 0 Å². The van der Waals surface area contributed by atoms with Crippen molar-refractivity contribution in [1.82, 2.24) is 0 Å². The molecule has 0 saturated heterocycles. The van der Waals surface area contributed by atoms with Gasteiger partial charge in [0.05, 0.1) is 15.6 Å². The predicted octanol–water partition coefficient (Wildman–Crippen LogP) is 5.80. The van der Waals surface area contributed by atoms with Crippen molar-refractivity contribution < 1.29 is 18.9 Å². The Morgan fingerprint density at radius 3 is 2.55 bits per heavy atom. The number of hydrogen-bond donors (Lipinski definition) is 1. The molecule has 0 aliphatic heterocycles. The van der Waals surface area contributed by atoms with Crippen molar-refractivity contribution in [3.8, 4) is 5.75 Å². The zero-order chi connectivity index (χ0) is 21.0. The largest absolute Gasteiger partial charge is 0.486 e. The maximum absolute atomic E-state index is 12.4. The molecule has 1 aromatic heterocycles. The van der Waals surface area contributed by atoms with Crippen LogP contribution < -0.4 is 10.1 Å². The number of rotatable bonds is 7. The molecule has 0 aliphatic carbocycles. The minimum absolute atomic E-state index is 0.0429. The number of carbonyl (C=O) groups excluding carboxylic acids is 1. The Kier molecular flexibility index (Phi) is 6.19. The molecule has 0 bridgehead atoms. The number of ether oxygens (including phenoxy) is 1. The van der Waals surface area contributed by atoms with E-state index in [4.69, 9.17) is 20.8 Å². The number of carbonyl (C=O) groups is 1. The highest BCUT2D eigenvalue weighted by Crippen LogP contribution is 2.27. The molecule has 3 rings (SSSR count). The van der Waals surface area contributed by atoms with Crippen LogP contribution in [-0.4, -0.2) is 10.8 Å². The summed E-state index contributed by atoms with van der Waals surface area (Å²) in [6.07, 6.45) is 0. The molecular weight excluding hydrogens is 396 g/mol. The molecule has 7 nitrogen and oxygen atoms in total. The van der Waals surface area contributed by atoms with E-state index in [1.54, 1.807) is 6.07 Å². The standard InChI is InChI=1S/C21H19ClN2O5/c1-13(2)14-3-6-16(7-4-14)28-12-17-8-10-20(29-17)21(25)23-19-11-15(24(26)27)5-9-18(19)22/h3-11,13H,12H2,1-2H3,(H,23,25). The van der Waals surface area contributed by atoms with Crippen molar-refractivity contribution in [2.45, 2.75) is 26.4 Å². The van der Waals surface area contributed by atoms with E-state index in [2.05, 4.69) is 19.2 Å². The lowest BCUT2D eigenvalue weighted by atomic mass is 10.0. The van der Waals surface area contributed by atoms with Crippen molar-refractivity contribution in [1.29, 1.82) is 0 Å². The Morgan fingerprint density at radius 2 is 1.90 bits per heavy atom. The van der Waals surface area contributed by atoms with Crippen LogP contribution in [0.5, 0.6) is 5.75 Å². The first kappa shape index (κ1) is 20.4. The third-order valence-corrected chi connectivity index (χ3v) is 4.55. The average Bonchev–Trinajstić information content (AvgIpc) is 3.17. The highest BCUT2D eigenvalue weighted by atomic mass is 35.5. The zero-order valence-electron chi connectivity index (χ0n) is 15.8. The van der Waals surface area contributed by atoms with Crippen LogP contribution in [0.3, 0.4) is 0 Å². The summed E-state index contributed by atoms with van der Waals surface area (Å²) in [5.74, 6) is 1.07. The molecule has 0 spiro atoms. The second-order valence-corrected chi connectivity index (χ2v) is 7.06. The molecule has 1 N–H and O–H groups in total. The summed E-state index contributed by atoms with van der Waals surface area (Å²) >= 11 is 6.00.